The molecule has 1 amide bonds. The predicted octanol–water partition coefficient (Wildman–Crippen LogP) is 0.796. The number of carbonyl (C=O) groups is 1. The van der Waals surface area contributed by atoms with Crippen LogP contribution in [-0.2, 0) is 26.8 Å². The van der Waals surface area contributed by atoms with E-state index in [1.807, 2.05) is 4.72 Å². The number of carbonyl (C=O) groups excluding carboxylic acids is 1. The maximum Gasteiger partial charge on any atom is 0.326 e. The Kier molecular flexibility index (Phi) is 5.33. The second kappa shape index (κ2) is 7.80. The fraction of sp³-hybridized carbons (Fsp3) is 0.474. The Balaban J connectivity index is 1.61. The van der Waals surface area contributed by atoms with Crippen molar-refractivity contribution >= 4 is 38.4 Å². The van der Waals surface area contributed by atoms with Crippen molar-refractivity contribution in [2.24, 2.45) is 7.05 Å². The SMILES string of the molecule is Cn1c(=O)c(NCCOC2CCCC2)cc2cc(N3CC(=O)NS3(=O)=O)c(O)cc21. The van der Waals surface area contributed by atoms with Crippen LogP contribution >= 0.6 is 0 Å². The zero-order valence-electron chi connectivity index (χ0n) is 16.6. The number of aromatic hydroxyl groups is 1. The second-order valence-corrected chi connectivity index (χ2v) is 9.16. The lowest BCUT2D eigenvalue weighted by atomic mass is 10.1. The minimum Gasteiger partial charge on any atom is -0.506 e. The lowest BCUT2D eigenvalue weighted by molar-refractivity contribution is -0.117. The Morgan fingerprint density at radius 1 is 1.23 bits per heavy atom. The largest absolute Gasteiger partial charge is 0.506 e. The van der Waals surface area contributed by atoms with Crippen LogP contribution in [0.3, 0.4) is 0 Å². The molecule has 30 heavy (non-hydrogen) atoms. The van der Waals surface area contributed by atoms with Crippen LogP contribution in [0.1, 0.15) is 25.7 Å². The molecular formula is C19H24N4O6S. The van der Waals surface area contributed by atoms with Crippen molar-refractivity contribution in [3.8, 4) is 5.75 Å². The fourth-order valence-corrected chi connectivity index (χ4v) is 5.10. The molecule has 1 aliphatic carbocycles. The van der Waals surface area contributed by atoms with Crippen molar-refractivity contribution in [1.82, 2.24) is 9.29 Å². The minimum atomic E-state index is -4.06. The number of fused-ring (bicyclic) bond motifs is 1. The highest BCUT2D eigenvalue weighted by Crippen LogP contribution is 2.34. The number of anilines is 2. The van der Waals surface area contributed by atoms with Gasteiger partial charge in [0.15, 0.2) is 0 Å². The van der Waals surface area contributed by atoms with Gasteiger partial charge in [0.2, 0.25) is 0 Å². The predicted molar refractivity (Wildman–Crippen MR) is 112 cm³/mol. The summed E-state index contributed by atoms with van der Waals surface area (Å²) < 4.78 is 34.1. The molecule has 0 bridgehead atoms. The summed E-state index contributed by atoms with van der Waals surface area (Å²) in [7, 11) is -2.49. The summed E-state index contributed by atoms with van der Waals surface area (Å²) in [6.07, 6.45) is 4.80. The van der Waals surface area contributed by atoms with Crippen LogP contribution < -0.4 is 19.9 Å². The highest BCUT2D eigenvalue weighted by molar-refractivity contribution is 7.92. The van der Waals surface area contributed by atoms with E-state index in [9.17, 15) is 23.1 Å². The first-order valence-corrected chi connectivity index (χ1v) is 11.3. The average Bonchev–Trinajstić information content (AvgIpc) is 3.29. The van der Waals surface area contributed by atoms with E-state index in [0.29, 0.717) is 29.7 Å². The summed E-state index contributed by atoms with van der Waals surface area (Å²) in [4.78, 5) is 24.2. The third kappa shape index (κ3) is 3.82. The van der Waals surface area contributed by atoms with E-state index < -0.39 is 22.7 Å². The van der Waals surface area contributed by atoms with Crippen LogP contribution in [0, 0.1) is 0 Å². The number of benzene rings is 1. The van der Waals surface area contributed by atoms with Gasteiger partial charge in [-0.2, -0.15) is 8.42 Å². The first-order valence-electron chi connectivity index (χ1n) is 9.82. The van der Waals surface area contributed by atoms with E-state index in [-0.39, 0.29) is 23.1 Å². The third-order valence-electron chi connectivity index (χ3n) is 5.48. The molecule has 3 N–H and O–H groups in total. The number of aromatic nitrogens is 1. The van der Waals surface area contributed by atoms with Gasteiger partial charge < -0.3 is 19.7 Å². The van der Waals surface area contributed by atoms with Crippen molar-refractivity contribution in [2.75, 3.05) is 29.3 Å². The van der Waals surface area contributed by atoms with Crippen LogP contribution in [0.5, 0.6) is 5.75 Å². The van der Waals surface area contributed by atoms with E-state index in [4.69, 9.17) is 4.74 Å². The van der Waals surface area contributed by atoms with Crippen molar-refractivity contribution in [1.29, 1.82) is 0 Å². The van der Waals surface area contributed by atoms with Crippen molar-refractivity contribution < 1.29 is 23.1 Å². The van der Waals surface area contributed by atoms with E-state index in [2.05, 4.69) is 5.32 Å². The first kappa shape index (κ1) is 20.5. The molecule has 0 atom stereocenters. The van der Waals surface area contributed by atoms with Gasteiger partial charge in [-0.25, -0.2) is 9.03 Å². The molecular weight excluding hydrogens is 412 g/mol. The summed E-state index contributed by atoms with van der Waals surface area (Å²) in [6, 6.07) is 4.37. The Morgan fingerprint density at radius 3 is 2.63 bits per heavy atom. The van der Waals surface area contributed by atoms with Crippen LogP contribution in [-0.4, -0.2) is 49.8 Å². The van der Waals surface area contributed by atoms with Gasteiger partial charge in [-0.3, -0.25) is 9.59 Å². The summed E-state index contributed by atoms with van der Waals surface area (Å²) in [5.74, 6) is -1.03. The lowest BCUT2D eigenvalue weighted by Gasteiger charge is -2.18. The lowest BCUT2D eigenvalue weighted by Crippen LogP contribution is -2.29. The van der Waals surface area contributed by atoms with Crippen molar-refractivity contribution in [2.45, 2.75) is 31.8 Å². The first-order chi connectivity index (χ1) is 14.3. The van der Waals surface area contributed by atoms with Gasteiger partial charge in [-0.1, -0.05) is 12.8 Å². The second-order valence-electron chi connectivity index (χ2n) is 7.56. The molecule has 1 saturated carbocycles. The summed E-state index contributed by atoms with van der Waals surface area (Å²) in [5, 5.41) is 14.0. The highest BCUT2D eigenvalue weighted by atomic mass is 32.2. The number of ether oxygens (including phenoxy) is 1. The molecule has 162 valence electrons. The molecule has 4 rings (SSSR count). The van der Waals surface area contributed by atoms with E-state index in [0.717, 1.165) is 17.1 Å². The van der Waals surface area contributed by atoms with Crippen LogP contribution in [0.15, 0.2) is 23.0 Å². The number of pyridine rings is 1. The van der Waals surface area contributed by atoms with Gasteiger partial charge >= 0.3 is 10.2 Å². The maximum atomic E-state index is 12.6. The molecule has 2 aliphatic rings. The number of nitrogens with zero attached hydrogens (tertiary/aromatic N) is 2. The molecule has 2 fully saturated rings. The molecule has 0 unspecified atom stereocenters. The Labute approximate surface area is 173 Å². The van der Waals surface area contributed by atoms with Gasteiger partial charge in [-0.05, 0) is 25.0 Å². The number of rotatable bonds is 6. The molecule has 2 heterocycles. The van der Waals surface area contributed by atoms with Crippen LogP contribution in [0.2, 0.25) is 0 Å². The van der Waals surface area contributed by atoms with Crippen LogP contribution in [0.25, 0.3) is 10.9 Å². The summed E-state index contributed by atoms with van der Waals surface area (Å²) in [6.45, 7) is 0.518. The Hall–Kier alpha value is -2.79. The quantitative estimate of drug-likeness (QED) is 0.571. The third-order valence-corrected chi connectivity index (χ3v) is 6.87. The smallest absolute Gasteiger partial charge is 0.326 e. The molecule has 1 aromatic carbocycles. The number of nitrogens with one attached hydrogen (secondary N) is 2. The average molecular weight is 436 g/mol. The monoisotopic (exact) mass is 436 g/mol. The number of hydrogen-bond acceptors (Lipinski definition) is 7. The molecule has 2 aromatic rings. The molecule has 1 aliphatic heterocycles. The molecule has 11 heteroatoms. The number of aryl methyl sites for hydroxylation is 1. The van der Waals surface area contributed by atoms with E-state index in [1.54, 1.807) is 13.1 Å². The summed E-state index contributed by atoms with van der Waals surface area (Å²) in [5.41, 5.74) is 0.469. The number of amides is 1. The number of phenols is 1. The van der Waals surface area contributed by atoms with E-state index >= 15 is 0 Å². The molecule has 0 radical (unpaired) electrons. The Bertz CT molecular complexity index is 1150. The topological polar surface area (TPSA) is 130 Å². The number of phenolic OH excluding ortho intramolecular Hbond substituents is 1. The van der Waals surface area contributed by atoms with Gasteiger partial charge in [0.25, 0.3) is 11.5 Å². The van der Waals surface area contributed by atoms with E-state index in [1.165, 1.54) is 29.5 Å². The Morgan fingerprint density at radius 2 is 1.97 bits per heavy atom. The van der Waals surface area contributed by atoms with Gasteiger partial charge in [-0.15, -0.1) is 0 Å². The maximum absolute atomic E-state index is 12.6. The minimum absolute atomic E-state index is 0.0324. The fourth-order valence-electron chi connectivity index (χ4n) is 3.95. The van der Waals surface area contributed by atoms with Crippen molar-refractivity contribution in [3.05, 3.63) is 28.6 Å². The van der Waals surface area contributed by atoms with Gasteiger partial charge in [0.05, 0.1) is 23.9 Å². The van der Waals surface area contributed by atoms with Gasteiger partial charge in [0.1, 0.15) is 18.0 Å². The van der Waals surface area contributed by atoms with Crippen LogP contribution in [0.4, 0.5) is 11.4 Å². The zero-order chi connectivity index (χ0) is 21.5. The zero-order valence-corrected chi connectivity index (χ0v) is 17.4. The molecule has 1 saturated heterocycles. The van der Waals surface area contributed by atoms with Crippen molar-refractivity contribution in [3.63, 3.8) is 0 Å². The normalized spacial score (nSPS) is 18.8. The summed E-state index contributed by atoms with van der Waals surface area (Å²) >= 11 is 0. The standard InChI is InChI=1S/C19H24N4O6S/c1-22-15-10-17(24)16(23-11-18(25)21-30(23,27)28)9-12(15)8-14(19(22)26)20-6-7-29-13-4-2-3-5-13/h8-10,13,20,24H,2-7,11H2,1H3,(H,21,25). The molecule has 0 spiro atoms. The molecule has 10 nitrogen and oxygen atoms in total. The highest BCUT2D eigenvalue weighted by Gasteiger charge is 2.35. The number of hydrogen-bond donors (Lipinski definition) is 3. The van der Waals surface area contributed by atoms with Gasteiger partial charge in [0, 0.05) is 25.0 Å². The molecule has 1 aromatic heterocycles.